The summed E-state index contributed by atoms with van der Waals surface area (Å²) in [4.78, 5) is 40.6. The summed E-state index contributed by atoms with van der Waals surface area (Å²) in [5.41, 5.74) is 1.51. The molecule has 3 atom stereocenters. The van der Waals surface area contributed by atoms with Crippen molar-refractivity contribution in [3.63, 3.8) is 0 Å². The number of fused-ring (bicyclic) bond motifs is 1. The molecule has 0 bridgehead atoms. The van der Waals surface area contributed by atoms with Gasteiger partial charge in [0.05, 0.1) is 0 Å². The van der Waals surface area contributed by atoms with E-state index in [1.54, 1.807) is 4.90 Å². The molecule has 162 valence electrons. The molecule has 1 unspecified atom stereocenters. The van der Waals surface area contributed by atoms with Gasteiger partial charge >= 0.3 is 0 Å². The summed E-state index contributed by atoms with van der Waals surface area (Å²) in [6.07, 6.45) is 5.40. The number of benzene rings is 1. The zero-order valence-electron chi connectivity index (χ0n) is 17.9. The second-order valence-electron chi connectivity index (χ2n) is 8.45. The van der Waals surface area contributed by atoms with Gasteiger partial charge in [0.1, 0.15) is 17.9 Å². The maximum atomic E-state index is 12.9. The van der Waals surface area contributed by atoms with Gasteiger partial charge in [-0.2, -0.15) is 0 Å². The molecule has 7 heteroatoms. The van der Waals surface area contributed by atoms with Crippen LogP contribution in [0, 0.1) is 0 Å². The molecule has 0 spiro atoms. The van der Waals surface area contributed by atoms with Crippen LogP contribution in [-0.2, 0) is 16.1 Å². The molecule has 0 radical (unpaired) electrons. The van der Waals surface area contributed by atoms with Crippen LogP contribution in [0.3, 0.4) is 0 Å². The minimum Gasteiger partial charge on any atom is -0.489 e. The number of piperidine rings is 1. The fourth-order valence-electron chi connectivity index (χ4n) is 5.12. The van der Waals surface area contributed by atoms with Crippen LogP contribution in [0.15, 0.2) is 18.2 Å². The van der Waals surface area contributed by atoms with Gasteiger partial charge in [0.2, 0.25) is 11.8 Å². The van der Waals surface area contributed by atoms with Gasteiger partial charge in [-0.3, -0.25) is 24.6 Å². The summed E-state index contributed by atoms with van der Waals surface area (Å²) in [6.45, 7) is 6.79. The van der Waals surface area contributed by atoms with E-state index in [1.807, 2.05) is 18.2 Å². The van der Waals surface area contributed by atoms with Crippen molar-refractivity contribution in [3.8, 4) is 5.75 Å². The van der Waals surface area contributed by atoms with Crippen molar-refractivity contribution in [3.05, 3.63) is 29.3 Å². The molecule has 0 aromatic heterocycles. The van der Waals surface area contributed by atoms with Crippen molar-refractivity contribution in [1.29, 1.82) is 0 Å². The minimum atomic E-state index is -0.586. The fourth-order valence-corrected chi connectivity index (χ4v) is 5.12. The third kappa shape index (κ3) is 3.95. The summed E-state index contributed by atoms with van der Waals surface area (Å²) in [7, 11) is 0. The smallest absolute Gasteiger partial charge is 0.255 e. The summed E-state index contributed by atoms with van der Waals surface area (Å²) in [6, 6.07) is 5.47. The van der Waals surface area contributed by atoms with Gasteiger partial charge in [0, 0.05) is 24.6 Å². The first kappa shape index (κ1) is 20.8. The van der Waals surface area contributed by atoms with Gasteiger partial charge < -0.3 is 9.64 Å². The molecule has 1 aromatic carbocycles. The molecule has 2 fully saturated rings. The molecule has 30 heavy (non-hydrogen) atoms. The van der Waals surface area contributed by atoms with Crippen LogP contribution in [-0.4, -0.2) is 58.8 Å². The number of imide groups is 1. The van der Waals surface area contributed by atoms with Gasteiger partial charge in [-0.15, -0.1) is 0 Å². The summed E-state index contributed by atoms with van der Waals surface area (Å²) < 4.78 is 6.43. The van der Waals surface area contributed by atoms with Gasteiger partial charge in [-0.25, -0.2) is 0 Å². The molecule has 1 saturated carbocycles. The van der Waals surface area contributed by atoms with E-state index in [0.717, 1.165) is 37.2 Å². The summed E-state index contributed by atoms with van der Waals surface area (Å²) in [5.74, 6) is -0.0139. The van der Waals surface area contributed by atoms with Crippen LogP contribution >= 0.6 is 0 Å². The van der Waals surface area contributed by atoms with E-state index in [9.17, 15) is 14.4 Å². The predicted molar refractivity (Wildman–Crippen MR) is 112 cm³/mol. The van der Waals surface area contributed by atoms with Crippen LogP contribution in [0.1, 0.15) is 68.3 Å². The average Bonchev–Trinajstić information content (AvgIpc) is 3.06. The lowest BCUT2D eigenvalue weighted by atomic mass is 9.91. The Hall–Kier alpha value is -2.41. The first-order valence-electron chi connectivity index (χ1n) is 11.2. The summed E-state index contributed by atoms with van der Waals surface area (Å²) in [5, 5.41) is 2.34. The quantitative estimate of drug-likeness (QED) is 0.725. The Morgan fingerprint density at radius 2 is 1.87 bits per heavy atom. The zero-order chi connectivity index (χ0) is 21.3. The fraction of sp³-hybridized carbons (Fsp3) is 0.609. The average molecular weight is 414 g/mol. The van der Waals surface area contributed by atoms with Crippen molar-refractivity contribution in [1.82, 2.24) is 15.1 Å². The minimum absolute atomic E-state index is 0.148. The van der Waals surface area contributed by atoms with Crippen LogP contribution < -0.4 is 10.1 Å². The van der Waals surface area contributed by atoms with Crippen LogP contribution in [0.4, 0.5) is 0 Å². The highest BCUT2D eigenvalue weighted by Gasteiger charge is 2.39. The van der Waals surface area contributed by atoms with E-state index < -0.39 is 6.04 Å². The SMILES string of the molecule is CCN(CC)[C@@H]1CCCC[C@@H]1Oc1ccc2c(c1)CN(C1CCC(=O)NC1=O)C2=O. The van der Waals surface area contributed by atoms with Crippen molar-refractivity contribution < 1.29 is 19.1 Å². The number of carbonyl (C=O) groups excluding carboxylic acids is 3. The normalized spacial score (nSPS) is 26.7. The topological polar surface area (TPSA) is 79.0 Å². The number of nitrogens with zero attached hydrogens (tertiary/aromatic N) is 2. The predicted octanol–water partition coefficient (Wildman–Crippen LogP) is 2.48. The maximum absolute atomic E-state index is 12.9. The van der Waals surface area contributed by atoms with Crippen LogP contribution in [0.2, 0.25) is 0 Å². The van der Waals surface area contributed by atoms with Crippen molar-refractivity contribution in [2.75, 3.05) is 13.1 Å². The largest absolute Gasteiger partial charge is 0.489 e. The van der Waals surface area contributed by atoms with E-state index in [1.165, 1.54) is 12.8 Å². The molecule has 1 N–H and O–H groups in total. The molecule has 2 aliphatic heterocycles. The number of amides is 3. The molecule has 2 heterocycles. The van der Waals surface area contributed by atoms with Gasteiger partial charge in [-0.05, 0) is 62.5 Å². The second kappa shape index (κ2) is 8.76. The molecule has 1 saturated heterocycles. The van der Waals surface area contributed by atoms with Crippen molar-refractivity contribution in [2.45, 2.75) is 77.1 Å². The molecule has 1 aromatic rings. The molecule has 7 nitrogen and oxygen atoms in total. The summed E-state index contributed by atoms with van der Waals surface area (Å²) >= 11 is 0. The Morgan fingerprint density at radius 1 is 1.10 bits per heavy atom. The van der Waals surface area contributed by atoms with Crippen molar-refractivity contribution in [2.24, 2.45) is 0 Å². The van der Waals surface area contributed by atoms with Gasteiger partial charge in [0.25, 0.3) is 5.91 Å². The molecule has 3 amide bonds. The highest BCUT2D eigenvalue weighted by molar-refractivity contribution is 6.05. The van der Waals surface area contributed by atoms with Gasteiger partial charge in [-0.1, -0.05) is 20.3 Å². The Bertz CT molecular complexity index is 836. The number of nitrogens with one attached hydrogen (secondary N) is 1. The number of hydrogen-bond donors (Lipinski definition) is 1. The molecule has 1 aliphatic carbocycles. The Kier molecular flexibility index (Phi) is 6.09. The lowest BCUT2D eigenvalue weighted by Crippen LogP contribution is -2.52. The molecule has 3 aliphatic rings. The second-order valence-corrected chi connectivity index (χ2v) is 8.45. The number of likely N-dealkylation sites (N-methyl/N-ethyl adjacent to an activating group) is 1. The monoisotopic (exact) mass is 413 g/mol. The zero-order valence-corrected chi connectivity index (χ0v) is 17.9. The highest BCUT2D eigenvalue weighted by atomic mass is 16.5. The number of hydrogen-bond acceptors (Lipinski definition) is 5. The molecular weight excluding hydrogens is 382 g/mol. The van der Waals surface area contributed by atoms with Crippen molar-refractivity contribution >= 4 is 17.7 Å². The van der Waals surface area contributed by atoms with Crippen LogP contribution in [0.5, 0.6) is 5.75 Å². The Balaban J connectivity index is 1.48. The number of ether oxygens (including phenoxy) is 1. The molecule has 4 rings (SSSR count). The lowest BCUT2D eigenvalue weighted by molar-refractivity contribution is -0.136. The maximum Gasteiger partial charge on any atom is 0.255 e. The molecular formula is C23H31N3O4. The Labute approximate surface area is 177 Å². The Morgan fingerprint density at radius 3 is 2.60 bits per heavy atom. The first-order valence-corrected chi connectivity index (χ1v) is 11.2. The number of rotatable bonds is 6. The van der Waals surface area contributed by atoms with Crippen LogP contribution in [0.25, 0.3) is 0 Å². The van der Waals surface area contributed by atoms with E-state index in [0.29, 0.717) is 24.6 Å². The lowest BCUT2D eigenvalue weighted by Gasteiger charge is -2.39. The van der Waals surface area contributed by atoms with E-state index in [-0.39, 0.29) is 30.2 Å². The van der Waals surface area contributed by atoms with E-state index in [2.05, 4.69) is 24.1 Å². The number of carbonyl (C=O) groups is 3. The van der Waals surface area contributed by atoms with E-state index in [4.69, 9.17) is 4.74 Å². The van der Waals surface area contributed by atoms with Gasteiger partial charge in [0.15, 0.2) is 0 Å². The highest BCUT2D eigenvalue weighted by Crippen LogP contribution is 2.32. The standard InChI is InChI=1S/C23H31N3O4/c1-3-25(4-2)18-7-5-6-8-20(18)30-16-9-10-17-15(13-16)14-26(23(17)29)19-11-12-21(27)24-22(19)28/h9-10,13,18-20H,3-8,11-12,14H2,1-2H3,(H,24,27,28)/t18-,19?,20+/m1/s1. The third-order valence-corrected chi connectivity index (χ3v) is 6.73. The van der Waals surface area contributed by atoms with E-state index >= 15 is 0 Å². The third-order valence-electron chi connectivity index (χ3n) is 6.73. The first-order chi connectivity index (χ1) is 14.5.